The molecule has 0 saturated heterocycles. The van der Waals surface area contributed by atoms with E-state index in [1.807, 2.05) is 12.1 Å². The molecule has 0 heterocycles. The first kappa shape index (κ1) is 12.8. The van der Waals surface area contributed by atoms with Gasteiger partial charge in [0.2, 0.25) is 0 Å². The summed E-state index contributed by atoms with van der Waals surface area (Å²) in [6, 6.07) is 20.9. The Morgan fingerprint density at radius 1 is 0.833 bits per heavy atom. The first-order valence-corrected chi connectivity index (χ1v) is 6.50. The zero-order valence-corrected chi connectivity index (χ0v) is 11.0. The van der Waals surface area contributed by atoms with E-state index in [4.69, 9.17) is 4.74 Å². The maximum atomic E-state index is 6.04. The van der Waals surface area contributed by atoms with Crippen molar-refractivity contribution in [2.24, 2.45) is 0 Å². The predicted octanol–water partition coefficient (Wildman–Crippen LogP) is 4.40. The second-order valence-corrected chi connectivity index (χ2v) is 4.77. The molecule has 0 N–H and O–H groups in total. The minimum Gasteiger partial charge on any atom is -0.371 e. The number of hydrogen-bond acceptors (Lipinski definition) is 1. The molecule has 1 heteroatoms. The molecular weight excluding hydrogens is 220 g/mol. The summed E-state index contributed by atoms with van der Waals surface area (Å²) >= 11 is 0. The highest BCUT2D eigenvalue weighted by Gasteiger charge is 2.14. The number of rotatable bonds is 5. The Hall–Kier alpha value is -1.60. The van der Waals surface area contributed by atoms with Gasteiger partial charge < -0.3 is 4.74 Å². The maximum absolute atomic E-state index is 6.04. The van der Waals surface area contributed by atoms with Crippen LogP contribution < -0.4 is 0 Å². The Kier molecular flexibility index (Phi) is 4.54. The maximum Gasteiger partial charge on any atom is 0.0868 e. The van der Waals surface area contributed by atoms with E-state index in [2.05, 4.69) is 62.4 Å². The molecule has 0 aliphatic heterocycles. The fraction of sp³-hybridized carbons (Fsp3) is 0.294. The first-order valence-electron chi connectivity index (χ1n) is 6.50. The van der Waals surface area contributed by atoms with E-state index >= 15 is 0 Å². The Morgan fingerprint density at radius 3 is 1.94 bits per heavy atom. The lowest BCUT2D eigenvalue weighted by atomic mass is 10.0. The largest absolute Gasteiger partial charge is 0.371 e. The normalized spacial score (nSPS) is 12.6. The van der Waals surface area contributed by atoms with Gasteiger partial charge in [-0.25, -0.2) is 0 Å². The molecule has 0 aliphatic carbocycles. The molecule has 18 heavy (non-hydrogen) atoms. The standard InChI is InChI=1S/C17H20O/c1-14(2)18-17(16-11-7-4-8-12-16)13-15-9-5-3-6-10-15/h3-12,14,17H,13H2,1-2H3/t17-/m1/s1. The summed E-state index contributed by atoms with van der Waals surface area (Å²) < 4.78 is 6.04. The average Bonchev–Trinajstić information content (AvgIpc) is 2.40. The van der Waals surface area contributed by atoms with E-state index in [0.717, 1.165) is 6.42 Å². The Morgan fingerprint density at radius 2 is 1.39 bits per heavy atom. The van der Waals surface area contributed by atoms with Crippen molar-refractivity contribution in [3.63, 3.8) is 0 Å². The number of ether oxygens (including phenoxy) is 1. The SMILES string of the molecule is CC(C)O[C@H](Cc1ccccc1)c1ccccc1. The highest BCUT2D eigenvalue weighted by molar-refractivity contribution is 5.22. The van der Waals surface area contributed by atoms with Gasteiger partial charge in [-0.1, -0.05) is 60.7 Å². The van der Waals surface area contributed by atoms with Crippen molar-refractivity contribution in [1.29, 1.82) is 0 Å². The Bertz CT molecular complexity index is 448. The van der Waals surface area contributed by atoms with Gasteiger partial charge in [0.15, 0.2) is 0 Å². The summed E-state index contributed by atoms with van der Waals surface area (Å²) in [7, 11) is 0. The van der Waals surface area contributed by atoms with Crippen LogP contribution in [-0.2, 0) is 11.2 Å². The third kappa shape index (κ3) is 3.71. The van der Waals surface area contributed by atoms with E-state index in [1.54, 1.807) is 0 Å². The zero-order chi connectivity index (χ0) is 12.8. The number of hydrogen-bond donors (Lipinski definition) is 0. The molecule has 0 radical (unpaired) electrons. The van der Waals surface area contributed by atoms with Gasteiger partial charge in [0.05, 0.1) is 12.2 Å². The fourth-order valence-electron chi connectivity index (χ4n) is 2.07. The molecule has 0 spiro atoms. The van der Waals surface area contributed by atoms with Crippen molar-refractivity contribution in [3.8, 4) is 0 Å². The van der Waals surface area contributed by atoms with E-state index in [0.29, 0.717) is 0 Å². The third-order valence-corrected chi connectivity index (χ3v) is 2.87. The van der Waals surface area contributed by atoms with Gasteiger partial charge in [-0.05, 0) is 25.0 Å². The monoisotopic (exact) mass is 240 g/mol. The van der Waals surface area contributed by atoms with Gasteiger partial charge in [-0.3, -0.25) is 0 Å². The molecule has 0 saturated carbocycles. The van der Waals surface area contributed by atoms with Gasteiger partial charge in [0.25, 0.3) is 0 Å². The highest BCUT2D eigenvalue weighted by atomic mass is 16.5. The van der Waals surface area contributed by atoms with Crippen LogP contribution >= 0.6 is 0 Å². The highest BCUT2D eigenvalue weighted by Crippen LogP contribution is 2.23. The van der Waals surface area contributed by atoms with Gasteiger partial charge >= 0.3 is 0 Å². The molecule has 2 aromatic rings. The van der Waals surface area contributed by atoms with E-state index in [9.17, 15) is 0 Å². The first-order chi connectivity index (χ1) is 8.75. The minimum atomic E-state index is 0.133. The van der Waals surface area contributed by atoms with E-state index < -0.39 is 0 Å². The van der Waals surface area contributed by atoms with Crippen molar-refractivity contribution in [2.45, 2.75) is 32.5 Å². The summed E-state index contributed by atoms with van der Waals surface area (Å²) in [6.45, 7) is 4.17. The van der Waals surface area contributed by atoms with Gasteiger partial charge in [0, 0.05) is 6.42 Å². The fourth-order valence-corrected chi connectivity index (χ4v) is 2.07. The third-order valence-electron chi connectivity index (χ3n) is 2.87. The van der Waals surface area contributed by atoms with Crippen molar-refractivity contribution in [2.75, 3.05) is 0 Å². The van der Waals surface area contributed by atoms with Crippen LogP contribution in [0.2, 0.25) is 0 Å². The molecular formula is C17H20O. The van der Waals surface area contributed by atoms with Gasteiger partial charge in [-0.15, -0.1) is 0 Å². The lowest BCUT2D eigenvalue weighted by Crippen LogP contribution is -2.13. The van der Waals surface area contributed by atoms with Crippen LogP contribution in [0.3, 0.4) is 0 Å². The topological polar surface area (TPSA) is 9.23 Å². The smallest absolute Gasteiger partial charge is 0.0868 e. The molecule has 0 aliphatic rings. The molecule has 0 amide bonds. The van der Waals surface area contributed by atoms with Crippen molar-refractivity contribution < 1.29 is 4.74 Å². The average molecular weight is 240 g/mol. The zero-order valence-electron chi connectivity index (χ0n) is 11.0. The second-order valence-electron chi connectivity index (χ2n) is 4.77. The molecule has 2 rings (SSSR count). The summed E-state index contributed by atoms with van der Waals surface area (Å²) in [6.07, 6.45) is 1.29. The van der Waals surface area contributed by atoms with Crippen LogP contribution in [-0.4, -0.2) is 6.10 Å². The van der Waals surface area contributed by atoms with Gasteiger partial charge in [0.1, 0.15) is 0 Å². The minimum absolute atomic E-state index is 0.133. The van der Waals surface area contributed by atoms with E-state index in [-0.39, 0.29) is 12.2 Å². The van der Waals surface area contributed by atoms with Crippen LogP contribution in [0, 0.1) is 0 Å². The summed E-state index contributed by atoms with van der Waals surface area (Å²) in [5.74, 6) is 0. The quantitative estimate of drug-likeness (QED) is 0.753. The molecule has 2 aromatic carbocycles. The summed E-state index contributed by atoms with van der Waals surface area (Å²) in [4.78, 5) is 0. The van der Waals surface area contributed by atoms with Crippen LogP contribution in [0.15, 0.2) is 60.7 Å². The molecule has 0 bridgehead atoms. The molecule has 0 aromatic heterocycles. The second kappa shape index (κ2) is 6.36. The van der Waals surface area contributed by atoms with Crippen LogP contribution in [0.1, 0.15) is 31.1 Å². The van der Waals surface area contributed by atoms with E-state index in [1.165, 1.54) is 11.1 Å². The summed E-state index contributed by atoms with van der Waals surface area (Å²) in [5.41, 5.74) is 2.56. The molecule has 0 fully saturated rings. The molecule has 1 atom stereocenters. The predicted molar refractivity (Wildman–Crippen MR) is 75.6 cm³/mol. The Labute approximate surface area is 109 Å². The lowest BCUT2D eigenvalue weighted by molar-refractivity contribution is 0.00686. The number of benzene rings is 2. The van der Waals surface area contributed by atoms with Gasteiger partial charge in [-0.2, -0.15) is 0 Å². The van der Waals surface area contributed by atoms with Crippen molar-refractivity contribution in [1.82, 2.24) is 0 Å². The van der Waals surface area contributed by atoms with Crippen molar-refractivity contribution >= 4 is 0 Å². The van der Waals surface area contributed by atoms with Crippen LogP contribution in [0.4, 0.5) is 0 Å². The molecule has 1 nitrogen and oxygen atoms in total. The lowest BCUT2D eigenvalue weighted by Gasteiger charge is -2.21. The van der Waals surface area contributed by atoms with Crippen molar-refractivity contribution in [3.05, 3.63) is 71.8 Å². The summed E-state index contributed by atoms with van der Waals surface area (Å²) in [5, 5.41) is 0. The molecule has 0 unspecified atom stereocenters. The van der Waals surface area contributed by atoms with Crippen LogP contribution in [0.5, 0.6) is 0 Å². The van der Waals surface area contributed by atoms with Crippen LogP contribution in [0.25, 0.3) is 0 Å². The molecule has 94 valence electrons. The Balaban J connectivity index is 2.16.